The highest BCUT2D eigenvalue weighted by Gasteiger charge is 2.17. The van der Waals surface area contributed by atoms with Crippen LogP contribution in [0.3, 0.4) is 0 Å². The minimum atomic E-state index is -0.915. The van der Waals surface area contributed by atoms with Crippen LogP contribution in [-0.4, -0.2) is 15.6 Å². The lowest BCUT2D eigenvalue weighted by Gasteiger charge is -2.22. The molecule has 1 unspecified atom stereocenters. The molecule has 0 aromatic rings. The van der Waals surface area contributed by atoms with E-state index in [0.29, 0.717) is 0 Å². The second-order valence-corrected chi connectivity index (χ2v) is 5.57. The SMILES string of the molecule is C=C(CC)[SiH]1CCCCO1. The zero-order valence-corrected chi connectivity index (χ0v) is 7.88. The van der Waals surface area contributed by atoms with Crippen molar-refractivity contribution in [3.8, 4) is 0 Å². The van der Waals surface area contributed by atoms with E-state index in [0.717, 1.165) is 13.0 Å². The molecule has 0 saturated carbocycles. The third-order valence-electron chi connectivity index (χ3n) is 2.09. The highest BCUT2D eigenvalue weighted by molar-refractivity contribution is 6.60. The Balaban J connectivity index is 2.31. The predicted molar refractivity (Wildman–Crippen MR) is 46.6 cm³/mol. The number of rotatable bonds is 2. The quantitative estimate of drug-likeness (QED) is 0.556. The molecule has 1 nitrogen and oxygen atoms in total. The Morgan fingerprint density at radius 3 is 2.90 bits per heavy atom. The lowest BCUT2D eigenvalue weighted by atomic mass is 10.4. The molecule has 0 amide bonds. The molecule has 0 radical (unpaired) electrons. The summed E-state index contributed by atoms with van der Waals surface area (Å²) in [4.78, 5) is 0. The van der Waals surface area contributed by atoms with Crippen LogP contribution < -0.4 is 0 Å². The van der Waals surface area contributed by atoms with Gasteiger partial charge in [0.25, 0.3) is 0 Å². The second kappa shape index (κ2) is 3.94. The van der Waals surface area contributed by atoms with Crippen LogP contribution in [0.15, 0.2) is 11.8 Å². The normalized spacial score (nSPS) is 26.3. The van der Waals surface area contributed by atoms with Crippen molar-refractivity contribution in [3.63, 3.8) is 0 Å². The lowest BCUT2D eigenvalue weighted by molar-refractivity contribution is 0.291. The van der Waals surface area contributed by atoms with Gasteiger partial charge in [-0.1, -0.05) is 18.5 Å². The third-order valence-corrected chi connectivity index (χ3v) is 4.98. The Bertz CT molecular complexity index is 116. The van der Waals surface area contributed by atoms with Crippen LogP contribution in [0.5, 0.6) is 0 Å². The van der Waals surface area contributed by atoms with Crippen LogP contribution in [0.1, 0.15) is 26.2 Å². The Kier molecular flexibility index (Phi) is 3.16. The largest absolute Gasteiger partial charge is 0.416 e. The van der Waals surface area contributed by atoms with Gasteiger partial charge in [-0.15, -0.1) is 6.58 Å². The van der Waals surface area contributed by atoms with Gasteiger partial charge in [0.1, 0.15) is 0 Å². The average molecular weight is 156 g/mol. The van der Waals surface area contributed by atoms with Crippen molar-refractivity contribution in [1.29, 1.82) is 0 Å². The molecule has 2 heteroatoms. The summed E-state index contributed by atoms with van der Waals surface area (Å²) in [6, 6.07) is 1.33. The first-order valence-electron chi connectivity index (χ1n) is 4.14. The maximum Gasteiger partial charge on any atom is 0.203 e. The first-order chi connectivity index (χ1) is 4.84. The van der Waals surface area contributed by atoms with E-state index < -0.39 is 9.04 Å². The fourth-order valence-corrected chi connectivity index (χ4v) is 3.67. The Morgan fingerprint density at radius 1 is 1.60 bits per heavy atom. The van der Waals surface area contributed by atoms with E-state index in [9.17, 15) is 0 Å². The van der Waals surface area contributed by atoms with Crippen LogP contribution >= 0.6 is 0 Å². The predicted octanol–water partition coefficient (Wildman–Crippen LogP) is 2.03. The minimum Gasteiger partial charge on any atom is -0.416 e. The average Bonchev–Trinajstić information content (AvgIpc) is 2.05. The van der Waals surface area contributed by atoms with E-state index in [1.807, 2.05) is 0 Å². The molecule has 0 N–H and O–H groups in total. The molecule has 1 saturated heterocycles. The topological polar surface area (TPSA) is 9.23 Å². The molecule has 10 heavy (non-hydrogen) atoms. The maximum absolute atomic E-state index is 5.67. The first kappa shape index (κ1) is 8.02. The van der Waals surface area contributed by atoms with E-state index >= 15 is 0 Å². The molecule has 1 heterocycles. The second-order valence-electron chi connectivity index (χ2n) is 2.87. The van der Waals surface area contributed by atoms with Crippen LogP contribution in [0, 0.1) is 0 Å². The van der Waals surface area contributed by atoms with Crippen LogP contribution in [0.4, 0.5) is 0 Å². The van der Waals surface area contributed by atoms with E-state index in [4.69, 9.17) is 4.43 Å². The Morgan fingerprint density at radius 2 is 2.40 bits per heavy atom. The summed E-state index contributed by atoms with van der Waals surface area (Å²) in [6.07, 6.45) is 3.76. The lowest BCUT2D eigenvalue weighted by Crippen LogP contribution is -2.25. The molecular formula is C8H16OSi. The van der Waals surface area contributed by atoms with Gasteiger partial charge in [-0.25, -0.2) is 0 Å². The Labute approximate surface area is 64.8 Å². The van der Waals surface area contributed by atoms with Crippen molar-refractivity contribution >= 4 is 9.04 Å². The summed E-state index contributed by atoms with van der Waals surface area (Å²) in [6.45, 7) is 7.20. The van der Waals surface area contributed by atoms with E-state index in [-0.39, 0.29) is 0 Å². The van der Waals surface area contributed by atoms with Gasteiger partial charge in [0.05, 0.1) is 0 Å². The molecule has 1 aliphatic heterocycles. The highest BCUT2D eigenvalue weighted by atomic mass is 28.3. The monoisotopic (exact) mass is 156 g/mol. The molecule has 0 aromatic carbocycles. The molecule has 1 aliphatic rings. The van der Waals surface area contributed by atoms with Crippen LogP contribution in [0.25, 0.3) is 0 Å². The summed E-state index contributed by atoms with van der Waals surface area (Å²) in [7, 11) is -0.915. The van der Waals surface area contributed by atoms with Gasteiger partial charge >= 0.3 is 0 Å². The first-order valence-corrected chi connectivity index (χ1v) is 6.00. The van der Waals surface area contributed by atoms with Crippen LogP contribution in [0.2, 0.25) is 6.04 Å². The zero-order chi connectivity index (χ0) is 7.40. The number of hydrogen-bond acceptors (Lipinski definition) is 1. The zero-order valence-electron chi connectivity index (χ0n) is 6.73. The summed E-state index contributed by atoms with van der Waals surface area (Å²) in [5, 5.41) is 1.40. The van der Waals surface area contributed by atoms with Crippen molar-refractivity contribution in [3.05, 3.63) is 11.8 Å². The Hall–Kier alpha value is -0.0831. The van der Waals surface area contributed by atoms with Gasteiger partial charge in [0, 0.05) is 6.61 Å². The molecule has 0 spiro atoms. The fraction of sp³-hybridized carbons (Fsp3) is 0.750. The van der Waals surface area contributed by atoms with Crippen LogP contribution in [-0.2, 0) is 4.43 Å². The van der Waals surface area contributed by atoms with Crippen molar-refractivity contribution in [2.75, 3.05) is 6.61 Å². The number of hydrogen-bond donors (Lipinski definition) is 0. The van der Waals surface area contributed by atoms with E-state index in [1.54, 1.807) is 0 Å². The molecule has 1 atom stereocenters. The minimum absolute atomic E-state index is 0.915. The van der Waals surface area contributed by atoms with Gasteiger partial charge in [0.15, 0.2) is 0 Å². The molecule has 58 valence electrons. The van der Waals surface area contributed by atoms with Gasteiger partial charge < -0.3 is 4.43 Å². The molecule has 0 aromatic heterocycles. The van der Waals surface area contributed by atoms with Crippen molar-refractivity contribution < 1.29 is 4.43 Å². The standard InChI is InChI=1S/C8H16OSi/c1-3-8(2)10-7-5-4-6-9-10/h10H,2-7H2,1H3. The van der Waals surface area contributed by atoms with E-state index in [2.05, 4.69) is 13.5 Å². The van der Waals surface area contributed by atoms with E-state index in [1.165, 1.54) is 24.1 Å². The summed E-state index contributed by atoms with van der Waals surface area (Å²) < 4.78 is 5.67. The maximum atomic E-state index is 5.67. The van der Waals surface area contributed by atoms with Gasteiger partial charge in [-0.3, -0.25) is 0 Å². The van der Waals surface area contributed by atoms with Gasteiger partial charge in [-0.05, 0) is 18.9 Å². The molecule has 0 aliphatic carbocycles. The number of allylic oxidation sites excluding steroid dienone is 1. The molecule has 1 fully saturated rings. The van der Waals surface area contributed by atoms with Crippen molar-refractivity contribution in [2.45, 2.75) is 32.2 Å². The fourth-order valence-electron chi connectivity index (χ4n) is 1.29. The van der Waals surface area contributed by atoms with Crippen molar-refractivity contribution in [2.24, 2.45) is 0 Å². The molecule has 0 bridgehead atoms. The summed E-state index contributed by atoms with van der Waals surface area (Å²) >= 11 is 0. The third kappa shape index (κ3) is 1.96. The summed E-state index contributed by atoms with van der Waals surface area (Å²) in [5.41, 5.74) is 0. The summed E-state index contributed by atoms with van der Waals surface area (Å²) in [5.74, 6) is 0. The molecular weight excluding hydrogens is 140 g/mol. The van der Waals surface area contributed by atoms with Gasteiger partial charge in [-0.2, -0.15) is 0 Å². The smallest absolute Gasteiger partial charge is 0.203 e. The highest BCUT2D eigenvalue weighted by Crippen LogP contribution is 2.17. The van der Waals surface area contributed by atoms with Gasteiger partial charge in [0.2, 0.25) is 9.04 Å². The van der Waals surface area contributed by atoms with Crippen molar-refractivity contribution in [1.82, 2.24) is 0 Å². The molecule has 1 rings (SSSR count).